The molecule has 0 radical (unpaired) electrons. The molecule has 6 heteroatoms. The zero-order chi connectivity index (χ0) is 14.9. The van der Waals surface area contributed by atoms with E-state index in [1.165, 1.54) is 0 Å². The summed E-state index contributed by atoms with van der Waals surface area (Å²) >= 11 is 0. The Morgan fingerprint density at radius 2 is 2.10 bits per heavy atom. The number of morpholine rings is 1. The Labute approximate surface area is 125 Å². The van der Waals surface area contributed by atoms with E-state index in [4.69, 9.17) is 9.47 Å². The molecular weight excluding hydrogens is 270 g/mol. The van der Waals surface area contributed by atoms with E-state index >= 15 is 0 Å². The molecule has 0 saturated carbocycles. The molecular formula is C15H23N3O3. The molecule has 1 atom stereocenters. The highest BCUT2D eigenvalue weighted by atomic mass is 16.5. The number of hydrogen-bond donors (Lipinski definition) is 0. The number of carbonyl (C=O) groups is 1. The lowest BCUT2D eigenvalue weighted by atomic mass is 9.95. The predicted octanol–water partition coefficient (Wildman–Crippen LogP) is 0.908. The Morgan fingerprint density at radius 3 is 2.76 bits per heavy atom. The standard InChI is InChI=1S/C15H23N3O3/c1-12-9-13(2)18(16-12)5-3-14(19)17-6-8-21-11-15(17)4-7-20-10-15/h9H,3-8,10-11H2,1-2H3. The molecule has 0 aromatic carbocycles. The van der Waals surface area contributed by atoms with E-state index in [0.717, 1.165) is 17.8 Å². The zero-order valence-corrected chi connectivity index (χ0v) is 12.8. The third kappa shape index (κ3) is 2.82. The molecule has 116 valence electrons. The first kappa shape index (κ1) is 14.5. The van der Waals surface area contributed by atoms with E-state index in [9.17, 15) is 4.79 Å². The van der Waals surface area contributed by atoms with Gasteiger partial charge < -0.3 is 14.4 Å². The molecule has 1 aromatic rings. The monoisotopic (exact) mass is 293 g/mol. The Balaban J connectivity index is 1.65. The van der Waals surface area contributed by atoms with Gasteiger partial charge in [-0.1, -0.05) is 0 Å². The number of aromatic nitrogens is 2. The molecule has 21 heavy (non-hydrogen) atoms. The molecule has 2 saturated heterocycles. The van der Waals surface area contributed by atoms with Crippen molar-refractivity contribution in [3.63, 3.8) is 0 Å². The van der Waals surface area contributed by atoms with Crippen LogP contribution < -0.4 is 0 Å². The van der Waals surface area contributed by atoms with Gasteiger partial charge in [0.15, 0.2) is 0 Å². The van der Waals surface area contributed by atoms with Crippen molar-refractivity contribution in [3.8, 4) is 0 Å². The zero-order valence-electron chi connectivity index (χ0n) is 12.8. The second-order valence-corrected chi connectivity index (χ2v) is 6.03. The Kier molecular flexibility index (Phi) is 3.99. The Bertz CT molecular complexity index is 520. The van der Waals surface area contributed by atoms with Gasteiger partial charge in [0.2, 0.25) is 5.91 Å². The average Bonchev–Trinajstić information content (AvgIpc) is 3.04. The van der Waals surface area contributed by atoms with Crippen molar-refractivity contribution in [2.75, 3.05) is 33.0 Å². The molecule has 2 fully saturated rings. The van der Waals surface area contributed by atoms with E-state index in [1.807, 2.05) is 29.5 Å². The minimum Gasteiger partial charge on any atom is -0.379 e. The number of rotatable bonds is 3. The summed E-state index contributed by atoms with van der Waals surface area (Å²) in [5.41, 5.74) is 1.86. The SMILES string of the molecule is Cc1cc(C)n(CCC(=O)N2CCOCC23CCOC3)n1. The lowest BCUT2D eigenvalue weighted by Crippen LogP contribution is -2.59. The number of hydrogen-bond acceptors (Lipinski definition) is 4. The van der Waals surface area contributed by atoms with Crippen LogP contribution in [0.4, 0.5) is 0 Å². The van der Waals surface area contributed by atoms with Crippen molar-refractivity contribution in [2.24, 2.45) is 0 Å². The van der Waals surface area contributed by atoms with Crippen LogP contribution in [0.1, 0.15) is 24.2 Å². The molecule has 0 aliphatic carbocycles. The number of ether oxygens (including phenoxy) is 2. The maximum atomic E-state index is 12.6. The summed E-state index contributed by atoms with van der Waals surface area (Å²) in [4.78, 5) is 14.6. The molecule has 0 N–H and O–H groups in total. The van der Waals surface area contributed by atoms with Crippen LogP contribution in [0.15, 0.2) is 6.07 Å². The van der Waals surface area contributed by atoms with E-state index in [-0.39, 0.29) is 11.4 Å². The van der Waals surface area contributed by atoms with E-state index in [2.05, 4.69) is 5.10 Å². The first-order valence-electron chi connectivity index (χ1n) is 7.58. The van der Waals surface area contributed by atoms with Crippen molar-refractivity contribution in [1.82, 2.24) is 14.7 Å². The first-order chi connectivity index (χ1) is 10.1. The highest BCUT2D eigenvalue weighted by Crippen LogP contribution is 2.29. The molecule has 1 amide bonds. The maximum absolute atomic E-state index is 12.6. The summed E-state index contributed by atoms with van der Waals surface area (Å²) in [6, 6.07) is 2.03. The van der Waals surface area contributed by atoms with Gasteiger partial charge in [-0.2, -0.15) is 5.10 Å². The van der Waals surface area contributed by atoms with E-state index in [0.29, 0.717) is 45.9 Å². The van der Waals surface area contributed by atoms with Gasteiger partial charge in [0.25, 0.3) is 0 Å². The third-order valence-corrected chi connectivity index (χ3v) is 4.43. The van der Waals surface area contributed by atoms with Crippen LogP contribution in [0.2, 0.25) is 0 Å². The van der Waals surface area contributed by atoms with Crippen LogP contribution in [0.3, 0.4) is 0 Å². The van der Waals surface area contributed by atoms with Crippen molar-refractivity contribution in [3.05, 3.63) is 17.5 Å². The molecule has 3 rings (SSSR count). The molecule has 1 aromatic heterocycles. The molecule has 3 heterocycles. The smallest absolute Gasteiger partial charge is 0.225 e. The van der Waals surface area contributed by atoms with Gasteiger partial charge >= 0.3 is 0 Å². The molecule has 1 spiro atoms. The fourth-order valence-corrected chi connectivity index (χ4v) is 3.28. The van der Waals surface area contributed by atoms with Crippen molar-refractivity contribution >= 4 is 5.91 Å². The minimum atomic E-state index is -0.232. The number of nitrogens with zero attached hydrogens (tertiary/aromatic N) is 3. The van der Waals surface area contributed by atoms with E-state index < -0.39 is 0 Å². The van der Waals surface area contributed by atoms with Crippen molar-refractivity contribution in [2.45, 2.75) is 38.8 Å². The molecule has 6 nitrogen and oxygen atoms in total. The van der Waals surface area contributed by atoms with Gasteiger partial charge in [0.1, 0.15) is 0 Å². The maximum Gasteiger partial charge on any atom is 0.225 e. The third-order valence-electron chi connectivity index (χ3n) is 4.43. The first-order valence-corrected chi connectivity index (χ1v) is 7.58. The fraction of sp³-hybridized carbons (Fsp3) is 0.733. The predicted molar refractivity (Wildman–Crippen MR) is 77.0 cm³/mol. The number of amides is 1. The van der Waals surface area contributed by atoms with E-state index in [1.54, 1.807) is 0 Å². The van der Waals surface area contributed by atoms with Crippen molar-refractivity contribution in [1.29, 1.82) is 0 Å². The quantitative estimate of drug-likeness (QED) is 0.831. The van der Waals surface area contributed by atoms with Crippen LogP contribution in [-0.4, -0.2) is 59.1 Å². The van der Waals surface area contributed by atoms with Crippen LogP contribution in [0.25, 0.3) is 0 Å². The minimum absolute atomic E-state index is 0.177. The summed E-state index contributed by atoms with van der Waals surface area (Å²) in [6.07, 6.45) is 1.35. The number of aryl methyl sites for hydroxylation is 3. The summed E-state index contributed by atoms with van der Waals surface area (Å²) in [7, 11) is 0. The molecule has 2 aliphatic heterocycles. The fourth-order valence-electron chi connectivity index (χ4n) is 3.28. The Morgan fingerprint density at radius 1 is 1.33 bits per heavy atom. The summed E-state index contributed by atoms with van der Waals surface area (Å²) in [5.74, 6) is 0.177. The van der Waals surface area contributed by atoms with Gasteiger partial charge in [-0.3, -0.25) is 9.48 Å². The van der Waals surface area contributed by atoms with Crippen LogP contribution in [0.5, 0.6) is 0 Å². The van der Waals surface area contributed by atoms with Gasteiger partial charge in [0.05, 0.1) is 31.1 Å². The van der Waals surface area contributed by atoms with Crippen LogP contribution >= 0.6 is 0 Å². The normalized spacial score (nSPS) is 25.7. The van der Waals surface area contributed by atoms with Gasteiger partial charge in [-0.05, 0) is 26.3 Å². The second kappa shape index (κ2) is 5.77. The topological polar surface area (TPSA) is 56.6 Å². The van der Waals surface area contributed by atoms with Gasteiger partial charge in [-0.25, -0.2) is 0 Å². The summed E-state index contributed by atoms with van der Waals surface area (Å²) < 4.78 is 13.0. The average molecular weight is 293 g/mol. The largest absolute Gasteiger partial charge is 0.379 e. The summed E-state index contributed by atoms with van der Waals surface area (Å²) in [5, 5.41) is 4.41. The summed E-state index contributed by atoms with van der Waals surface area (Å²) in [6.45, 7) is 7.81. The Hall–Kier alpha value is -1.40. The highest BCUT2D eigenvalue weighted by molar-refractivity contribution is 5.77. The highest BCUT2D eigenvalue weighted by Gasteiger charge is 2.45. The second-order valence-electron chi connectivity index (χ2n) is 6.03. The lowest BCUT2D eigenvalue weighted by Gasteiger charge is -2.43. The van der Waals surface area contributed by atoms with Gasteiger partial charge in [-0.15, -0.1) is 0 Å². The molecule has 0 bridgehead atoms. The van der Waals surface area contributed by atoms with Crippen LogP contribution in [0, 0.1) is 13.8 Å². The lowest BCUT2D eigenvalue weighted by molar-refractivity contribution is -0.149. The molecule has 2 aliphatic rings. The van der Waals surface area contributed by atoms with Crippen molar-refractivity contribution < 1.29 is 14.3 Å². The number of carbonyl (C=O) groups excluding carboxylic acids is 1. The van der Waals surface area contributed by atoms with Gasteiger partial charge in [0, 0.05) is 31.8 Å². The van der Waals surface area contributed by atoms with Crippen LogP contribution in [-0.2, 0) is 20.8 Å². The molecule has 1 unspecified atom stereocenters.